The van der Waals surface area contributed by atoms with Gasteiger partial charge in [-0.3, -0.25) is 9.78 Å². The lowest BCUT2D eigenvalue weighted by Crippen LogP contribution is -2.03. The van der Waals surface area contributed by atoms with Crippen LogP contribution < -0.4 is 11.1 Å². The Bertz CT molecular complexity index is 1240. The molecule has 0 aliphatic carbocycles. The number of anilines is 2. The van der Waals surface area contributed by atoms with Crippen molar-refractivity contribution in [3.8, 4) is 11.3 Å². The van der Waals surface area contributed by atoms with Gasteiger partial charge in [0.1, 0.15) is 5.69 Å². The van der Waals surface area contributed by atoms with Crippen molar-refractivity contribution in [3.63, 3.8) is 0 Å². The van der Waals surface area contributed by atoms with Crippen LogP contribution >= 0.6 is 0 Å². The molecular weight excluding hydrogens is 352 g/mol. The van der Waals surface area contributed by atoms with Crippen molar-refractivity contribution in [3.05, 3.63) is 71.3 Å². The Balaban J connectivity index is 1.54. The van der Waals surface area contributed by atoms with Crippen molar-refractivity contribution in [1.82, 2.24) is 19.6 Å². The van der Waals surface area contributed by atoms with Gasteiger partial charge >= 0.3 is 0 Å². The van der Waals surface area contributed by atoms with Crippen LogP contribution in [0.25, 0.3) is 16.9 Å². The summed E-state index contributed by atoms with van der Waals surface area (Å²) < 4.78 is 1.75. The Kier molecular flexibility index (Phi) is 3.61. The van der Waals surface area contributed by atoms with Crippen LogP contribution in [0.2, 0.25) is 0 Å². The number of rotatable bonds is 3. The first-order chi connectivity index (χ1) is 13.6. The highest BCUT2D eigenvalue weighted by Gasteiger charge is 2.18. The molecule has 138 valence electrons. The lowest BCUT2D eigenvalue weighted by Gasteiger charge is -2.07. The minimum absolute atomic E-state index is 0.0335. The third-order valence-electron chi connectivity index (χ3n) is 5.09. The zero-order chi connectivity index (χ0) is 19.3. The fourth-order valence-corrected chi connectivity index (χ4v) is 3.61. The minimum atomic E-state index is 0.0335. The third kappa shape index (κ3) is 2.68. The average Bonchev–Trinajstić information content (AvgIpc) is 3.25. The first-order valence-electron chi connectivity index (χ1n) is 9.06. The van der Waals surface area contributed by atoms with E-state index in [1.54, 1.807) is 16.9 Å². The maximum Gasteiger partial charge on any atom is 0.228 e. The van der Waals surface area contributed by atoms with Gasteiger partial charge in [0.2, 0.25) is 5.91 Å². The van der Waals surface area contributed by atoms with Crippen molar-refractivity contribution in [2.24, 2.45) is 0 Å². The van der Waals surface area contributed by atoms with Crippen molar-refractivity contribution >= 4 is 22.9 Å². The third-order valence-corrected chi connectivity index (χ3v) is 5.09. The van der Waals surface area contributed by atoms with Crippen molar-refractivity contribution in [2.45, 2.75) is 19.8 Å². The maximum absolute atomic E-state index is 11.6. The molecule has 7 heteroatoms. The van der Waals surface area contributed by atoms with E-state index in [4.69, 9.17) is 10.7 Å². The van der Waals surface area contributed by atoms with E-state index in [9.17, 15) is 4.79 Å². The number of carbonyl (C=O) groups is 1. The summed E-state index contributed by atoms with van der Waals surface area (Å²) in [5.41, 5.74) is 13.1. The number of aromatic nitrogens is 4. The van der Waals surface area contributed by atoms with E-state index >= 15 is 0 Å². The van der Waals surface area contributed by atoms with Gasteiger partial charge in [-0.05, 0) is 35.7 Å². The second-order valence-electron chi connectivity index (χ2n) is 6.99. The smallest absolute Gasteiger partial charge is 0.228 e. The summed E-state index contributed by atoms with van der Waals surface area (Å²) in [6, 6.07) is 11.8. The van der Waals surface area contributed by atoms with Crippen molar-refractivity contribution in [2.75, 3.05) is 11.1 Å². The van der Waals surface area contributed by atoms with E-state index in [2.05, 4.69) is 15.4 Å². The Hall–Kier alpha value is -3.74. The fourth-order valence-electron chi connectivity index (χ4n) is 3.61. The molecule has 0 fully saturated rings. The van der Waals surface area contributed by atoms with E-state index in [1.165, 1.54) is 0 Å². The molecule has 0 atom stereocenters. The second kappa shape index (κ2) is 6.16. The summed E-state index contributed by atoms with van der Waals surface area (Å²) >= 11 is 0. The number of carbonyl (C=O) groups excluding carboxylic acids is 1. The van der Waals surface area contributed by atoms with Gasteiger partial charge in [0, 0.05) is 35.8 Å². The molecule has 0 saturated heterocycles. The number of nitrogens with two attached hydrogens (primary N) is 1. The van der Waals surface area contributed by atoms with Gasteiger partial charge in [-0.15, -0.1) is 0 Å². The maximum atomic E-state index is 11.6. The SMILES string of the molecule is Cc1c(N)cccc1-c1nccn2nc(Cc3ccc4c(c3)CC(=O)N4)nc12. The number of hydrogen-bond donors (Lipinski definition) is 2. The standard InChI is InChI=1S/C21H18N6O/c1-12-15(3-2-4-16(12)22)20-21-25-18(26-27(21)8-7-23-20)10-13-5-6-17-14(9-13)11-19(28)24-17/h2-9H,10-11,22H2,1H3,(H,24,28). The molecule has 0 saturated carbocycles. The molecule has 2 aromatic carbocycles. The fraction of sp³-hybridized carbons (Fsp3) is 0.143. The van der Waals surface area contributed by atoms with Crippen LogP contribution in [0, 0.1) is 6.92 Å². The lowest BCUT2D eigenvalue weighted by molar-refractivity contribution is -0.115. The molecule has 0 bridgehead atoms. The first-order valence-corrected chi connectivity index (χ1v) is 9.06. The van der Waals surface area contributed by atoms with Crippen LogP contribution in [0.4, 0.5) is 11.4 Å². The monoisotopic (exact) mass is 370 g/mol. The topological polar surface area (TPSA) is 98.2 Å². The summed E-state index contributed by atoms with van der Waals surface area (Å²) in [4.78, 5) is 20.8. The Morgan fingerprint density at radius 2 is 2.14 bits per heavy atom. The number of nitrogens with zero attached hydrogens (tertiary/aromatic N) is 4. The normalized spacial score (nSPS) is 13.0. The molecule has 1 amide bonds. The molecule has 1 aliphatic rings. The summed E-state index contributed by atoms with van der Waals surface area (Å²) in [7, 11) is 0. The van der Waals surface area contributed by atoms with E-state index in [0.717, 1.165) is 39.3 Å². The van der Waals surface area contributed by atoms with Crippen LogP contribution in [0.3, 0.4) is 0 Å². The van der Waals surface area contributed by atoms with E-state index < -0.39 is 0 Å². The van der Waals surface area contributed by atoms with Gasteiger partial charge < -0.3 is 11.1 Å². The second-order valence-corrected chi connectivity index (χ2v) is 6.99. The highest BCUT2D eigenvalue weighted by atomic mass is 16.1. The molecule has 28 heavy (non-hydrogen) atoms. The number of nitrogens with one attached hydrogen (secondary N) is 1. The van der Waals surface area contributed by atoms with Crippen LogP contribution in [0.15, 0.2) is 48.8 Å². The Labute approximate surface area is 161 Å². The molecule has 4 aromatic rings. The van der Waals surface area contributed by atoms with Crippen molar-refractivity contribution < 1.29 is 4.79 Å². The summed E-state index contributed by atoms with van der Waals surface area (Å²) in [6.45, 7) is 1.98. The number of hydrogen-bond acceptors (Lipinski definition) is 5. The lowest BCUT2D eigenvalue weighted by atomic mass is 10.0. The molecule has 0 unspecified atom stereocenters. The molecular formula is C21H18N6O. The highest BCUT2D eigenvalue weighted by molar-refractivity contribution is 5.99. The molecule has 0 spiro atoms. The first kappa shape index (κ1) is 16.4. The van der Waals surface area contributed by atoms with Gasteiger partial charge in [-0.1, -0.05) is 24.3 Å². The molecule has 0 radical (unpaired) electrons. The zero-order valence-corrected chi connectivity index (χ0v) is 15.3. The van der Waals surface area contributed by atoms with E-state index in [0.29, 0.717) is 24.3 Å². The van der Waals surface area contributed by atoms with Gasteiger partial charge in [0.25, 0.3) is 0 Å². The van der Waals surface area contributed by atoms with Gasteiger partial charge in [-0.25, -0.2) is 9.50 Å². The molecule has 3 N–H and O–H groups in total. The van der Waals surface area contributed by atoms with Gasteiger partial charge in [0.15, 0.2) is 11.5 Å². The summed E-state index contributed by atoms with van der Waals surface area (Å²) in [5, 5.41) is 7.46. The van der Waals surface area contributed by atoms with E-state index in [1.807, 2.05) is 43.3 Å². The average molecular weight is 370 g/mol. The van der Waals surface area contributed by atoms with Gasteiger partial charge in [0.05, 0.1) is 6.42 Å². The predicted octanol–water partition coefficient (Wildman–Crippen LogP) is 2.77. The molecule has 3 heterocycles. The largest absolute Gasteiger partial charge is 0.398 e. The number of benzene rings is 2. The number of fused-ring (bicyclic) bond motifs is 2. The quantitative estimate of drug-likeness (QED) is 0.540. The Morgan fingerprint density at radius 3 is 3.04 bits per heavy atom. The molecule has 1 aliphatic heterocycles. The number of amides is 1. The highest BCUT2D eigenvalue weighted by Crippen LogP contribution is 2.28. The van der Waals surface area contributed by atoms with Gasteiger partial charge in [-0.2, -0.15) is 5.10 Å². The Morgan fingerprint density at radius 1 is 1.25 bits per heavy atom. The zero-order valence-electron chi connectivity index (χ0n) is 15.3. The van der Waals surface area contributed by atoms with Crippen molar-refractivity contribution in [1.29, 1.82) is 0 Å². The van der Waals surface area contributed by atoms with E-state index in [-0.39, 0.29) is 5.91 Å². The number of nitrogen functional groups attached to an aromatic ring is 1. The minimum Gasteiger partial charge on any atom is -0.398 e. The molecule has 5 rings (SSSR count). The molecule has 2 aromatic heterocycles. The van der Waals surface area contributed by atoms with Crippen LogP contribution in [0.1, 0.15) is 22.5 Å². The van der Waals surface area contributed by atoms with Crippen LogP contribution in [-0.4, -0.2) is 25.5 Å². The van der Waals surface area contributed by atoms with Crippen LogP contribution in [0.5, 0.6) is 0 Å². The predicted molar refractivity (Wildman–Crippen MR) is 107 cm³/mol. The summed E-state index contributed by atoms with van der Waals surface area (Å²) in [5.74, 6) is 0.735. The van der Waals surface area contributed by atoms with Crippen LogP contribution in [-0.2, 0) is 17.6 Å². The molecule has 7 nitrogen and oxygen atoms in total. The summed E-state index contributed by atoms with van der Waals surface area (Å²) in [6.07, 6.45) is 4.52.